The van der Waals surface area contributed by atoms with Crippen LogP contribution in [0, 0.1) is 13.8 Å². The van der Waals surface area contributed by atoms with Gasteiger partial charge in [0.2, 0.25) is 12.3 Å². The second kappa shape index (κ2) is 5.49. The lowest BCUT2D eigenvalue weighted by Crippen LogP contribution is -3.00. The van der Waals surface area contributed by atoms with Gasteiger partial charge in [0.25, 0.3) is 0 Å². The zero-order chi connectivity index (χ0) is 16.4. The van der Waals surface area contributed by atoms with Gasteiger partial charge in [0, 0.05) is 23.9 Å². The van der Waals surface area contributed by atoms with E-state index in [4.69, 9.17) is 9.47 Å². The summed E-state index contributed by atoms with van der Waals surface area (Å²) in [6, 6.07) is 11.8. The second-order valence-electron chi connectivity index (χ2n) is 6.24. The summed E-state index contributed by atoms with van der Waals surface area (Å²) in [5.74, 6) is 1.89. The molecular formula is C20H16BrNO3. The Morgan fingerprint density at radius 1 is 1.00 bits per heavy atom. The summed E-state index contributed by atoms with van der Waals surface area (Å²) in [7, 11) is 0. The van der Waals surface area contributed by atoms with Gasteiger partial charge in [-0.1, -0.05) is 12.1 Å². The third-order valence-electron chi connectivity index (χ3n) is 4.97. The molecule has 0 amide bonds. The monoisotopic (exact) mass is 397 g/mol. The van der Waals surface area contributed by atoms with E-state index in [1.165, 1.54) is 0 Å². The molecule has 0 fully saturated rings. The van der Waals surface area contributed by atoms with Gasteiger partial charge in [-0.25, -0.2) is 0 Å². The van der Waals surface area contributed by atoms with E-state index in [9.17, 15) is 5.11 Å². The minimum absolute atomic E-state index is 0. The van der Waals surface area contributed by atoms with E-state index in [0.717, 1.165) is 49.8 Å². The Morgan fingerprint density at radius 3 is 2.56 bits per heavy atom. The molecule has 1 aliphatic heterocycles. The van der Waals surface area contributed by atoms with Crippen LogP contribution in [0.1, 0.15) is 11.3 Å². The highest BCUT2D eigenvalue weighted by molar-refractivity contribution is 6.03. The Kier molecular flexibility index (Phi) is 3.51. The number of rotatable bonds is 0. The lowest BCUT2D eigenvalue weighted by molar-refractivity contribution is -0.517. The quantitative estimate of drug-likeness (QED) is 0.271. The molecule has 4 aromatic rings. The number of aryl methyl sites for hydroxylation is 2. The van der Waals surface area contributed by atoms with E-state index in [2.05, 4.69) is 23.5 Å². The first-order chi connectivity index (χ1) is 11.6. The van der Waals surface area contributed by atoms with Crippen LogP contribution >= 0.6 is 0 Å². The molecule has 0 atom stereocenters. The summed E-state index contributed by atoms with van der Waals surface area (Å²) in [5.41, 5.74) is 3.28. The third-order valence-corrected chi connectivity index (χ3v) is 4.97. The summed E-state index contributed by atoms with van der Waals surface area (Å²) >= 11 is 0. The van der Waals surface area contributed by atoms with Gasteiger partial charge in [-0.05, 0) is 30.5 Å². The molecule has 4 nitrogen and oxygen atoms in total. The lowest BCUT2D eigenvalue weighted by Gasteiger charge is -2.09. The number of phenolic OH excluding ortho intramolecular Hbond substituents is 1. The van der Waals surface area contributed by atoms with Gasteiger partial charge in [0.15, 0.2) is 23.4 Å². The Labute approximate surface area is 155 Å². The topological polar surface area (TPSA) is 42.8 Å². The largest absolute Gasteiger partial charge is 1.00 e. The summed E-state index contributed by atoms with van der Waals surface area (Å²) in [6.45, 7) is 4.40. The molecule has 1 N–H and O–H groups in total. The molecule has 2 aromatic carbocycles. The number of nitrogens with zero attached hydrogens (tertiary/aromatic N) is 1. The molecule has 5 heteroatoms. The van der Waals surface area contributed by atoms with Crippen LogP contribution in [0.25, 0.3) is 27.1 Å². The molecule has 126 valence electrons. The number of fused-ring (bicyclic) bond motifs is 5. The molecule has 25 heavy (non-hydrogen) atoms. The molecule has 5 rings (SSSR count). The number of phenols is 1. The number of aromatic nitrogens is 1. The van der Waals surface area contributed by atoms with Crippen LogP contribution in [0.15, 0.2) is 42.6 Å². The van der Waals surface area contributed by atoms with Crippen molar-refractivity contribution >= 4 is 27.1 Å². The van der Waals surface area contributed by atoms with Crippen LogP contribution in [0.5, 0.6) is 17.2 Å². The molecule has 0 aliphatic carbocycles. The highest BCUT2D eigenvalue weighted by Gasteiger charge is 2.23. The maximum Gasteiger partial charge on any atom is 0.231 e. The van der Waals surface area contributed by atoms with E-state index < -0.39 is 0 Å². The van der Waals surface area contributed by atoms with Gasteiger partial charge in [-0.15, -0.1) is 0 Å². The normalized spacial score (nSPS) is 12.7. The van der Waals surface area contributed by atoms with Crippen molar-refractivity contribution in [1.29, 1.82) is 0 Å². The number of aromatic hydroxyl groups is 1. The molecule has 0 unspecified atom stereocenters. The van der Waals surface area contributed by atoms with Crippen molar-refractivity contribution < 1.29 is 36.0 Å². The van der Waals surface area contributed by atoms with Gasteiger partial charge in [-0.2, -0.15) is 4.40 Å². The minimum Gasteiger partial charge on any atom is -1.00 e. The zero-order valence-electron chi connectivity index (χ0n) is 13.8. The number of halogens is 1. The SMILES string of the molecule is Cc1c2cccc(O)c2c(C)[n+]2ccc3cc4c(cc3c12)OCO4.[Br-]. The van der Waals surface area contributed by atoms with Crippen molar-refractivity contribution in [3.8, 4) is 17.2 Å². The van der Waals surface area contributed by atoms with Crippen molar-refractivity contribution in [2.45, 2.75) is 13.8 Å². The van der Waals surface area contributed by atoms with Crippen molar-refractivity contribution in [2.24, 2.45) is 0 Å². The van der Waals surface area contributed by atoms with Crippen molar-refractivity contribution in [2.75, 3.05) is 6.79 Å². The summed E-state index contributed by atoms with van der Waals surface area (Å²) in [4.78, 5) is 0. The van der Waals surface area contributed by atoms with Crippen LogP contribution in [-0.2, 0) is 0 Å². The van der Waals surface area contributed by atoms with Gasteiger partial charge in [0.05, 0.1) is 10.8 Å². The number of hydrogen-bond donors (Lipinski definition) is 1. The van der Waals surface area contributed by atoms with Crippen LogP contribution in [0.3, 0.4) is 0 Å². The van der Waals surface area contributed by atoms with Gasteiger partial charge < -0.3 is 31.6 Å². The van der Waals surface area contributed by atoms with Gasteiger partial charge >= 0.3 is 0 Å². The van der Waals surface area contributed by atoms with Crippen LogP contribution in [0.4, 0.5) is 0 Å². The minimum atomic E-state index is 0. The predicted octanol–water partition coefficient (Wildman–Crippen LogP) is 0.787. The zero-order valence-corrected chi connectivity index (χ0v) is 15.4. The first kappa shape index (κ1) is 16.0. The summed E-state index contributed by atoms with van der Waals surface area (Å²) < 4.78 is 13.2. The molecule has 0 spiro atoms. The van der Waals surface area contributed by atoms with E-state index in [1.807, 2.05) is 31.3 Å². The smallest absolute Gasteiger partial charge is 0.231 e. The average Bonchev–Trinajstić information content (AvgIpc) is 3.04. The maximum atomic E-state index is 10.3. The first-order valence-corrected chi connectivity index (χ1v) is 7.94. The molecule has 0 saturated carbocycles. The Bertz CT molecular complexity index is 1170. The molecule has 0 bridgehead atoms. The van der Waals surface area contributed by atoms with E-state index in [1.54, 1.807) is 6.07 Å². The standard InChI is InChI=1S/C20H15NO3.BrH/c1-11-14-4-3-5-16(22)19(14)12(2)21-7-6-13-8-17-18(24-10-23-17)9-15(13)20(11)21;/h3-9H,10H2,1-2H3;1H. The predicted molar refractivity (Wildman–Crippen MR) is 91.9 cm³/mol. The number of ether oxygens (including phenoxy) is 2. The number of benzene rings is 2. The van der Waals surface area contributed by atoms with E-state index in [0.29, 0.717) is 5.75 Å². The van der Waals surface area contributed by atoms with Gasteiger partial charge in [0.1, 0.15) is 5.75 Å². The third kappa shape index (κ3) is 2.09. The Balaban J connectivity index is 0.00000157. The fourth-order valence-electron chi connectivity index (χ4n) is 3.80. The second-order valence-corrected chi connectivity index (χ2v) is 6.24. The highest BCUT2D eigenvalue weighted by Crippen LogP contribution is 2.38. The number of hydrogen-bond acceptors (Lipinski definition) is 3. The Morgan fingerprint density at radius 2 is 1.76 bits per heavy atom. The molecular weight excluding hydrogens is 382 g/mol. The first-order valence-electron chi connectivity index (χ1n) is 7.94. The fraction of sp³-hybridized carbons (Fsp3) is 0.150. The molecule has 3 heterocycles. The molecule has 2 aromatic heterocycles. The van der Waals surface area contributed by atoms with Crippen LogP contribution < -0.4 is 30.9 Å². The van der Waals surface area contributed by atoms with Crippen LogP contribution in [-0.4, -0.2) is 11.9 Å². The van der Waals surface area contributed by atoms with Gasteiger partial charge in [-0.3, -0.25) is 0 Å². The maximum absolute atomic E-state index is 10.3. The average molecular weight is 398 g/mol. The van der Waals surface area contributed by atoms with E-state index >= 15 is 0 Å². The van der Waals surface area contributed by atoms with E-state index in [-0.39, 0.29) is 23.8 Å². The van der Waals surface area contributed by atoms with Crippen molar-refractivity contribution in [3.63, 3.8) is 0 Å². The Hall–Kier alpha value is -2.53. The van der Waals surface area contributed by atoms with Crippen molar-refractivity contribution in [3.05, 3.63) is 53.9 Å². The lowest BCUT2D eigenvalue weighted by atomic mass is 9.99. The molecule has 0 radical (unpaired) electrons. The van der Waals surface area contributed by atoms with Crippen molar-refractivity contribution in [1.82, 2.24) is 0 Å². The fourth-order valence-corrected chi connectivity index (χ4v) is 3.80. The highest BCUT2D eigenvalue weighted by atomic mass is 79.9. The molecule has 1 aliphatic rings. The molecule has 0 saturated heterocycles. The summed E-state index contributed by atoms with van der Waals surface area (Å²) in [6.07, 6.45) is 2.05. The summed E-state index contributed by atoms with van der Waals surface area (Å²) in [5, 5.41) is 14.5. The number of pyridine rings is 2. The van der Waals surface area contributed by atoms with Crippen LogP contribution in [0.2, 0.25) is 0 Å².